The van der Waals surface area contributed by atoms with Gasteiger partial charge >= 0.3 is 0 Å². The van der Waals surface area contributed by atoms with E-state index in [1.165, 1.54) is 4.88 Å². The van der Waals surface area contributed by atoms with E-state index in [0.717, 1.165) is 37.0 Å². The number of piperidine rings is 1. The normalized spacial score (nSPS) is 17.2. The molecule has 2 aromatic heterocycles. The topological polar surface area (TPSA) is 96.2 Å². The van der Waals surface area contributed by atoms with Gasteiger partial charge in [0.05, 0.1) is 0 Å². The van der Waals surface area contributed by atoms with E-state index in [4.69, 9.17) is 0 Å². The Labute approximate surface area is 180 Å². The number of halogens is 1. The molecular weight excluding hydrogens is 477 g/mol. The number of hydrogen-bond donors (Lipinski definition) is 3. The van der Waals surface area contributed by atoms with Crippen molar-refractivity contribution >= 4 is 47.2 Å². The Hall–Kier alpha value is -1.69. The minimum absolute atomic E-state index is 0. The van der Waals surface area contributed by atoms with Crippen molar-refractivity contribution < 1.29 is 4.79 Å². The highest BCUT2D eigenvalue weighted by atomic mass is 127. The summed E-state index contributed by atoms with van der Waals surface area (Å²) in [5.74, 6) is 2.54. The molecule has 1 amide bonds. The van der Waals surface area contributed by atoms with Crippen molar-refractivity contribution in [3.05, 3.63) is 34.0 Å². The Morgan fingerprint density at radius 3 is 2.96 bits per heavy atom. The van der Waals surface area contributed by atoms with Gasteiger partial charge in [0.1, 0.15) is 12.4 Å². The standard InChI is InChI=1S/C17H25N7OS.HI/c1-12-22-23-15(24(12)2)11-20-17(18-8-7-14-4-3-9-26-14)21-13-5-6-16(25)19-10-13;/h3-4,9,13H,5-8,10-11H2,1-2H3,(H,19,25)(H2,18,20,21);1H. The zero-order valence-electron chi connectivity index (χ0n) is 15.6. The van der Waals surface area contributed by atoms with Crippen LogP contribution in [0.1, 0.15) is 29.4 Å². The van der Waals surface area contributed by atoms with Gasteiger partial charge in [-0.25, -0.2) is 4.99 Å². The van der Waals surface area contributed by atoms with Crippen LogP contribution in [0.25, 0.3) is 0 Å². The Kier molecular flexibility index (Phi) is 8.48. The highest BCUT2D eigenvalue weighted by Gasteiger charge is 2.19. The molecule has 0 aromatic carbocycles. The number of aryl methyl sites for hydroxylation is 1. The summed E-state index contributed by atoms with van der Waals surface area (Å²) >= 11 is 1.76. The van der Waals surface area contributed by atoms with Crippen molar-refractivity contribution in [2.24, 2.45) is 12.0 Å². The molecule has 1 aliphatic rings. The molecule has 0 bridgehead atoms. The summed E-state index contributed by atoms with van der Waals surface area (Å²) in [7, 11) is 1.94. The van der Waals surface area contributed by atoms with Crippen molar-refractivity contribution in [2.75, 3.05) is 13.1 Å². The van der Waals surface area contributed by atoms with E-state index >= 15 is 0 Å². The fourth-order valence-electron chi connectivity index (χ4n) is 2.70. The van der Waals surface area contributed by atoms with Crippen molar-refractivity contribution in [1.29, 1.82) is 0 Å². The van der Waals surface area contributed by atoms with Crippen LogP contribution in [0, 0.1) is 6.92 Å². The lowest BCUT2D eigenvalue weighted by Gasteiger charge is -2.25. The van der Waals surface area contributed by atoms with Crippen LogP contribution in [0.3, 0.4) is 0 Å². The molecule has 1 atom stereocenters. The first-order valence-electron chi connectivity index (χ1n) is 8.80. The zero-order valence-corrected chi connectivity index (χ0v) is 18.7. The summed E-state index contributed by atoms with van der Waals surface area (Å²) in [5.41, 5.74) is 0. The van der Waals surface area contributed by atoms with Gasteiger partial charge in [-0.2, -0.15) is 0 Å². The van der Waals surface area contributed by atoms with E-state index < -0.39 is 0 Å². The Morgan fingerprint density at radius 1 is 1.48 bits per heavy atom. The first-order valence-corrected chi connectivity index (χ1v) is 9.68. The van der Waals surface area contributed by atoms with Crippen LogP contribution in [-0.4, -0.2) is 45.8 Å². The number of thiophene rings is 1. The molecule has 3 heterocycles. The van der Waals surface area contributed by atoms with Gasteiger partial charge in [0.25, 0.3) is 0 Å². The Bertz CT molecular complexity index is 749. The van der Waals surface area contributed by atoms with Crippen molar-refractivity contribution in [3.8, 4) is 0 Å². The molecule has 148 valence electrons. The Balaban J connectivity index is 0.00000261. The predicted octanol–water partition coefficient (Wildman–Crippen LogP) is 1.36. The number of amides is 1. The van der Waals surface area contributed by atoms with Crippen molar-refractivity contribution in [1.82, 2.24) is 30.7 Å². The fraction of sp³-hybridized carbons (Fsp3) is 0.529. The van der Waals surface area contributed by atoms with E-state index in [1.54, 1.807) is 11.3 Å². The molecule has 0 saturated carbocycles. The molecular formula is C17H26IN7OS. The molecule has 3 rings (SSSR count). The van der Waals surface area contributed by atoms with E-state index in [1.807, 2.05) is 18.5 Å². The van der Waals surface area contributed by atoms with Crippen LogP contribution >= 0.6 is 35.3 Å². The average Bonchev–Trinajstić information content (AvgIpc) is 3.26. The lowest BCUT2D eigenvalue weighted by atomic mass is 10.1. The number of nitrogens with one attached hydrogen (secondary N) is 3. The molecule has 1 saturated heterocycles. The van der Waals surface area contributed by atoms with E-state index in [0.29, 0.717) is 19.5 Å². The third kappa shape index (κ3) is 6.45. The van der Waals surface area contributed by atoms with E-state index in [2.05, 4.69) is 48.7 Å². The van der Waals surface area contributed by atoms with Gasteiger partial charge in [-0.1, -0.05) is 6.07 Å². The van der Waals surface area contributed by atoms with Gasteiger partial charge < -0.3 is 20.5 Å². The smallest absolute Gasteiger partial charge is 0.220 e. The third-order valence-electron chi connectivity index (χ3n) is 4.41. The number of nitrogens with zero attached hydrogens (tertiary/aromatic N) is 4. The predicted molar refractivity (Wildman–Crippen MR) is 117 cm³/mol. The fourth-order valence-corrected chi connectivity index (χ4v) is 3.41. The number of rotatable bonds is 6. The maximum Gasteiger partial charge on any atom is 0.220 e. The molecule has 3 N–H and O–H groups in total. The molecule has 10 heteroatoms. The minimum atomic E-state index is 0. The van der Waals surface area contributed by atoms with Crippen LogP contribution in [-0.2, 0) is 24.8 Å². The summed E-state index contributed by atoms with van der Waals surface area (Å²) in [6, 6.07) is 4.38. The number of guanidine groups is 1. The Morgan fingerprint density at radius 2 is 2.33 bits per heavy atom. The third-order valence-corrected chi connectivity index (χ3v) is 5.35. The van der Waals surface area contributed by atoms with Gasteiger partial charge in [0.2, 0.25) is 5.91 Å². The molecule has 1 unspecified atom stereocenters. The maximum absolute atomic E-state index is 11.3. The van der Waals surface area contributed by atoms with Gasteiger partial charge in [-0.15, -0.1) is 45.5 Å². The second-order valence-electron chi connectivity index (χ2n) is 6.33. The number of carbonyl (C=O) groups is 1. The van der Waals surface area contributed by atoms with Crippen molar-refractivity contribution in [2.45, 2.75) is 38.8 Å². The second-order valence-corrected chi connectivity index (χ2v) is 7.36. The average molecular weight is 503 g/mol. The number of aromatic nitrogens is 3. The monoisotopic (exact) mass is 503 g/mol. The first kappa shape index (κ1) is 21.6. The number of aliphatic imine (C=N–C) groups is 1. The largest absolute Gasteiger partial charge is 0.356 e. The van der Waals surface area contributed by atoms with Crippen LogP contribution in [0.5, 0.6) is 0 Å². The van der Waals surface area contributed by atoms with Gasteiger partial charge in [-0.05, 0) is 31.2 Å². The molecule has 1 fully saturated rings. The van der Waals surface area contributed by atoms with E-state index in [9.17, 15) is 4.79 Å². The summed E-state index contributed by atoms with van der Waals surface area (Å²) < 4.78 is 1.94. The maximum atomic E-state index is 11.3. The highest BCUT2D eigenvalue weighted by molar-refractivity contribution is 14.0. The number of carbonyl (C=O) groups excluding carboxylic acids is 1. The molecule has 0 spiro atoms. The summed E-state index contributed by atoms with van der Waals surface area (Å²) in [4.78, 5) is 17.3. The van der Waals surface area contributed by atoms with Crippen LogP contribution in [0.2, 0.25) is 0 Å². The highest BCUT2D eigenvalue weighted by Crippen LogP contribution is 2.08. The molecule has 0 radical (unpaired) electrons. The first-order chi connectivity index (χ1) is 12.6. The SMILES string of the molecule is Cc1nnc(CN=C(NCCc2cccs2)NC2CCC(=O)NC2)n1C.I. The molecule has 27 heavy (non-hydrogen) atoms. The van der Waals surface area contributed by atoms with E-state index in [-0.39, 0.29) is 35.9 Å². The van der Waals surface area contributed by atoms with Crippen LogP contribution in [0.15, 0.2) is 22.5 Å². The van der Waals surface area contributed by atoms with Gasteiger partial charge in [0.15, 0.2) is 11.8 Å². The summed E-state index contributed by atoms with van der Waals surface area (Å²) in [5, 5.41) is 20.0. The minimum Gasteiger partial charge on any atom is -0.356 e. The molecule has 2 aromatic rings. The number of hydrogen-bond acceptors (Lipinski definition) is 5. The van der Waals surface area contributed by atoms with Gasteiger partial charge in [0, 0.05) is 37.5 Å². The summed E-state index contributed by atoms with van der Waals surface area (Å²) in [6.07, 6.45) is 2.30. The lowest BCUT2D eigenvalue weighted by Crippen LogP contribution is -2.51. The van der Waals surface area contributed by atoms with Gasteiger partial charge in [-0.3, -0.25) is 4.79 Å². The summed E-state index contributed by atoms with van der Waals surface area (Å²) in [6.45, 7) is 3.78. The lowest BCUT2D eigenvalue weighted by molar-refractivity contribution is -0.122. The van der Waals surface area contributed by atoms with Crippen molar-refractivity contribution in [3.63, 3.8) is 0 Å². The van der Waals surface area contributed by atoms with Crippen LogP contribution < -0.4 is 16.0 Å². The quantitative estimate of drug-likeness (QED) is 0.315. The molecule has 8 nitrogen and oxygen atoms in total. The zero-order chi connectivity index (χ0) is 18.4. The molecule has 1 aliphatic heterocycles. The van der Waals surface area contributed by atoms with Crippen LogP contribution in [0.4, 0.5) is 0 Å². The second kappa shape index (κ2) is 10.6. The molecule has 0 aliphatic carbocycles.